The van der Waals surface area contributed by atoms with Crippen molar-refractivity contribution in [2.45, 2.75) is 45.3 Å². The zero-order valence-corrected chi connectivity index (χ0v) is 23.0. The first-order chi connectivity index (χ1) is 19.0. The average Bonchev–Trinajstić information content (AvgIpc) is 3.67. The summed E-state index contributed by atoms with van der Waals surface area (Å²) in [5.74, 6) is -0.479. The summed E-state index contributed by atoms with van der Waals surface area (Å²) in [6.07, 6.45) is 2.04. The average molecular weight is 551 g/mol. The zero-order valence-electron chi connectivity index (χ0n) is 23.0. The number of carbonyl (C=O) groups is 2. The number of benzene rings is 1. The van der Waals surface area contributed by atoms with E-state index < -0.39 is 17.1 Å². The topological polar surface area (TPSA) is 142 Å². The first-order valence-electron chi connectivity index (χ1n) is 12.9. The third-order valence-electron chi connectivity index (χ3n) is 6.58. The van der Waals surface area contributed by atoms with E-state index in [0.29, 0.717) is 59.0 Å². The van der Waals surface area contributed by atoms with Gasteiger partial charge in [-0.25, -0.2) is 14.2 Å². The van der Waals surface area contributed by atoms with Gasteiger partial charge < -0.3 is 24.4 Å². The van der Waals surface area contributed by atoms with Crippen LogP contribution in [-0.2, 0) is 12.0 Å². The smallest absolute Gasteiger partial charge is 0.319 e. The minimum Gasteiger partial charge on any atom is -0.471 e. The van der Waals surface area contributed by atoms with Crippen LogP contribution in [-0.4, -0.2) is 80.3 Å². The minimum absolute atomic E-state index is 0.0555. The number of nitrogens with one attached hydrogen (secondary N) is 2. The van der Waals surface area contributed by atoms with Crippen molar-refractivity contribution in [3.05, 3.63) is 53.6 Å². The Morgan fingerprint density at radius 1 is 1.27 bits per heavy atom. The van der Waals surface area contributed by atoms with E-state index in [-0.39, 0.29) is 24.5 Å². The number of halogens is 1. The van der Waals surface area contributed by atoms with Crippen LogP contribution in [0.5, 0.6) is 5.88 Å². The monoisotopic (exact) mass is 550 g/mol. The molecule has 0 bridgehead atoms. The third-order valence-corrected chi connectivity index (χ3v) is 6.58. The Bertz CT molecular complexity index is 1560. The van der Waals surface area contributed by atoms with Crippen LogP contribution in [0, 0.1) is 5.82 Å². The summed E-state index contributed by atoms with van der Waals surface area (Å²) in [5, 5.41) is 14.1. The van der Waals surface area contributed by atoms with E-state index in [2.05, 4.69) is 30.6 Å². The van der Waals surface area contributed by atoms with Crippen LogP contribution >= 0.6 is 0 Å². The lowest BCUT2D eigenvalue weighted by Gasteiger charge is -2.21. The highest BCUT2D eigenvalue weighted by Gasteiger charge is 2.30. The van der Waals surface area contributed by atoms with Gasteiger partial charge in [0.05, 0.1) is 11.9 Å². The SMILES string of the molecule is CN(C)C(=O)N1CC[C@@H](Oc2n[nH]c3nccc(-c4ccc(CNC(=O)c5noc(C(C)(C)C)n5)c(F)c4)c23)C1. The second-order valence-corrected chi connectivity index (χ2v) is 10.9. The predicted molar refractivity (Wildman–Crippen MR) is 143 cm³/mol. The van der Waals surface area contributed by atoms with Gasteiger partial charge in [0.25, 0.3) is 11.7 Å². The fourth-order valence-corrected chi connectivity index (χ4v) is 4.42. The number of nitrogens with zero attached hydrogens (tertiary/aromatic N) is 6. The lowest BCUT2D eigenvalue weighted by molar-refractivity contribution is 0.0937. The number of fused-ring (bicyclic) bond motifs is 1. The fourth-order valence-electron chi connectivity index (χ4n) is 4.42. The summed E-state index contributed by atoms with van der Waals surface area (Å²) < 4.78 is 26.5. The van der Waals surface area contributed by atoms with E-state index in [0.717, 1.165) is 0 Å². The maximum Gasteiger partial charge on any atom is 0.319 e. The van der Waals surface area contributed by atoms with Crippen molar-refractivity contribution < 1.29 is 23.2 Å². The van der Waals surface area contributed by atoms with E-state index in [1.807, 2.05) is 20.8 Å². The molecular formula is C27H31FN8O4. The Labute approximate surface area is 229 Å². The molecule has 3 amide bonds. The highest BCUT2D eigenvalue weighted by atomic mass is 19.1. The molecule has 0 saturated carbocycles. The van der Waals surface area contributed by atoms with Crippen molar-refractivity contribution in [1.82, 2.24) is 40.4 Å². The van der Waals surface area contributed by atoms with Crippen molar-refractivity contribution in [3.8, 4) is 17.0 Å². The molecule has 210 valence electrons. The standard InChI is InChI=1S/C27H31FN8O4/c1-27(2,3)25-31-22(34-40-25)23(37)30-13-16-7-6-15(12-19(16)28)18-8-10-29-21-20(18)24(33-32-21)39-17-9-11-36(14-17)26(38)35(4)5/h6-8,10,12,17H,9,11,13-14H2,1-5H3,(H,30,37)(H,29,32,33)/t17-/m1/s1. The van der Waals surface area contributed by atoms with Crippen LogP contribution in [0.4, 0.5) is 9.18 Å². The van der Waals surface area contributed by atoms with Gasteiger partial charge in [-0.05, 0) is 23.3 Å². The van der Waals surface area contributed by atoms with Crippen molar-refractivity contribution in [1.29, 1.82) is 0 Å². The van der Waals surface area contributed by atoms with Gasteiger partial charge in [-0.1, -0.05) is 38.1 Å². The summed E-state index contributed by atoms with van der Waals surface area (Å²) in [6, 6.07) is 6.46. The number of ether oxygens (including phenoxy) is 1. The highest BCUT2D eigenvalue weighted by Crippen LogP contribution is 2.34. The van der Waals surface area contributed by atoms with Crippen molar-refractivity contribution in [3.63, 3.8) is 0 Å². The van der Waals surface area contributed by atoms with E-state index in [1.54, 1.807) is 43.4 Å². The lowest BCUT2D eigenvalue weighted by Crippen LogP contribution is -2.38. The molecule has 4 heterocycles. The number of likely N-dealkylation sites (tertiary alicyclic amines) is 1. The van der Waals surface area contributed by atoms with E-state index >= 15 is 4.39 Å². The van der Waals surface area contributed by atoms with Gasteiger partial charge in [0.2, 0.25) is 11.8 Å². The van der Waals surface area contributed by atoms with Crippen LogP contribution in [0.2, 0.25) is 0 Å². The Morgan fingerprint density at radius 2 is 2.08 bits per heavy atom. The molecule has 1 saturated heterocycles. The molecule has 5 rings (SSSR count). The largest absolute Gasteiger partial charge is 0.471 e. The van der Waals surface area contributed by atoms with E-state index in [1.165, 1.54) is 11.0 Å². The molecule has 1 aliphatic heterocycles. The van der Waals surface area contributed by atoms with Crippen LogP contribution in [0.25, 0.3) is 22.2 Å². The highest BCUT2D eigenvalue weighted by molar-refractivity contribution is 5.96. The maximum absolute atomic E-state index is 15.2. The molecule has 1 aromatic carbocycles. The van der Waals surface area contributed by atoms with Crippen LogP contribution in [0.1, 0.15) is 49.3 Å². The second-order valence-electron chi connectivity index (χ2n) is 10.9. The summed E-state index contributed by atoms with van der Waals surface area (Å²) >= 11 is 0. The molecule has 2 N–H and O–H groups in total. The molecule has 13 heteroatoms. The molecule has 0 radical (unpaired) electrons. The molecule has 1 aliphatic rings. The minimum atomic E-state index is -0.559. The number of pyridine rings is 1. The number of hydrogen-bond donors (Lipinski definition) is 2. The Kier molecular flexibility index (Phi) is 7.13. The van der Waals surface area contributed by atoms with Gasteiger partial charge in [-0.3, -0.25) is 9.89 Å². The third kappa shape index (κ3) is 5.44. The molecule has 1 fully saturated rings. The normalized spacial score (nSPS) is 15.4. The lowest BCUT2D eigenvalue weighted by atomic mass is 9.97. The van der Waals surface area contributed by atoms with Crippen LogP contribution in [0.3, 0.4) is 0 Å². The van der Waals surface area contributed by atoms with Gasteiger partial charge >= 0.3 is 6.03 Å². The first-order valence-corrected chi connectivity index (χ1v) is 12.9. The van der Waals surface area contributed by atoms with Crippen LogP contribution < -0.4 is 10.1 Å². The number of H-pyrrole nitrogens is 1. The van der Waals surface area contributed by atoms with Gasteiger partial charge in [0, 0.05) is 50.8 Å². The summed E-state index contributed by atoms with van der Waals surface area (Å²) in [6.45, 7) is 6.65. The number of aromatic amines is 1. The quantitative estimate of drug-likeness (QED) is 0.371. The summed E-state index contributed by atoms with van der Waals surface area (Å²) in [7, 11) is 3.43. The molecule has 1 atom stereocenters. The number of carbonyl (C=O) groups excluding carboxylic acids is 2. The molecule has 40 heavy (non-hydrogen) atoms. The van der Waals surface area contributed by atoms with Crippen molar-refractivity contribution >= 4 is 23.0 Å². The van der Waals surface area contributed by atoms with Gasteiger partial charge in [0.15, 0.2) is 5.65 Å². The summed E-state index contributed by atoms with van der Waals surface area (Å²) in [5.41, 5.74) is 1.67. The number of rotatable bonds is 6. The van der Waals surface area contributed by atoms with Crippen molar-refractivity contribution in [2.24, 2.45) is 0 Å². The number of urea groups is 1. The number of hydrogen-bond acceptors (Lipinski definition) is 8. The van der Waals surface area contributed by atoms with E-state index in [9.17, 15) is 9.59 Å². The second kappa shape index (κ2) is 10.5. The molecule has 0 aliphatic carbocycles. The molecule has 4 aromatic rings. The molecule has 0 spiro atoms. The molecule has 3 aromatic heterocycles. The molecule has 0 unspecified atom stereocenters. The Morgan fingerprint density at radius 3 is 2.77 bits per heavy atom. The number of amides is 3. The zero-order chi connectivity index (χ0) is 28.6. The van der Waals surface area contributed by atoms with Crippen LogP contribution in [0.15, 0.2) is 35.0 Å². The Balaban J connectivity index is 1.31. The number of aromatic nitrogens is 5. The van der Waals surface area contributed by atoms with Gasteiger partial charge in [-0.2, -0.15) is 4.98 Å². The molecule has 12 nitrogen and oxygen atoms in total. The first kappa shape index (κ1) is 27.0. The maximum atomic E-state index is 15.2. The van der Waals surface area contributed by atoms with Gasteiger partial charge in [-0.15, -0.1) is 5.10 Å². The van der Waals surface area contributed by atoms with Crippen molar-refractivity contribution in [2.75, 3.05) is 27.2 Å². The van der Waals surface area contributed by atoms with E-state index in [4.69, 9.17) is 9.26 Å². The Hall–Kier alpha value is -4.55. The fraction of sp³-hybridized carbons (Fsp3) is 0.407. The predicted octanol–water partition coefficient (Wildman–Crippen LogP) is 3.51. The summed E-state index contributed by atoms with van der Waals surface area (Å²) in [4.78, 5) is 36.5. The molecular weight excluding hydrogens is 519 g/mol. The van der Waals surface area contributed by atoms with Gasteiger partial charge in [0.1, 0.15) is 11.9 Å².